The first-order valence-corrected chi connectivity index (χ1v) is 11.5. The highest BCUT2D eigenvalue weighted by Gasteiger charge is 2.22. The van der Waals surface area contributed by atoms with Crippen LogP contribution in [-0.4, -0.2) is 43.7 Å². The Bertz CT molecular complexity index is 993. The molecule has 184 valence electrons. The Hall–Kier alpha value is -3.26. The summed E-state index contributed by atoms with van der Waals surface area (Å²) in [5.74, 6) is -0.0402. The SMILES string of the molecule is CNC(=O)C(Cc1ccc(NC(=O)OCC(C)C)cc1)NC(=O)c1ccc(OC(C)C)c(Cl)c1. The molecule has 9 heteroatoms. The van der Waals surface area contributed by atoms with E-state index in [0.29, 0.717) is 28.6 Å². The van der Waals surface area contributed by atoms with Crippen molar-refractivity contribution >= 4 is 35.2 Å². The zero-order valence-corrected chi connectivity index (χ0v) is 20.9. The fourth-order valence-electron chi connectivity index (χ4n) is 2.97. The summed E-state index contributed by atoms with van der Waals surface area (Å²) in [5, 5.41) is 8.29. The maximum absolute atomic E-state index is 12.8. The van der Waals surface area contributed by atoms with Gasteiger partial charge in [-0.05, 0) is 55.7 Å². The van der Waals surface area contributed by atoms with Crippen LogP contribution in [0, 0.1) is 5.92 Å². The van der Waals surface area contributed by atoms with Crippen molar-refractivity contribution in [3.8, 4) is 5.75 Å². The number of nitrogens with one attached hydrogen (secondary N) is 3. The maximum atomic E-state index is 12.8. The zero-order chi connectivity index (χ0) is 25.3. The largest absolute Gasteiger partial charge is 0.489 e. The molecule has 2 aromatic rings. The van der Waals surface area contributed by atoms with Crippen molar-refractivity contribution in [1.29, 1.82) is 0 Å². The van der Waals surface area contributed by atoms with Crippen LogP contribution in [0.3, 0.4) is 0 Å². The molecule has 3 amide bonds. The van der Waals surface area contributed by atoms with Gasteiger partial charge in [0, 0.05) is 24.7 Å². The second kappa shape index (κ2) is 12.8. The Morgan fingerprint density at radius 1 is 1.00 bits per heavy atom. The van der Waals surface area contributed by atoms with E-state index in [-0.39, 0.29) is 24.3 Å². The van der Waals surface area contributed by atoms with Crippen LogP contribution < -0.4 is 20.7 Å². The molecule has 0 spiro atoms. The van der Waals surface area contributed by atoms with Gasteiger partial charge in [-0.1, -0.05) is 37.6 Å². The number of rotatable bonds is 10. The highest BCUT2D eigenvalue weighted by Crippen LogP contribution is 2.26. The van der Waals surface area contributed by atoms with Gasteiger partial charge in [0.2, 0.25) is 5.91 Å². The van der Waals surface area contributed by atoms with Crippen molar-refractivity contribution in [3.63, 3.8) is 0 Å². The quantitative estimate of drug-likeness (QED) is 0.458. The van der Waals surface area contributed by atoms with E-state index in [0.717, 1.165) is 5.56 Å². The normalized spacial score (nSPS) is 11.6. The minimum atomic E-state index is -0.808. The molecular weight excluding hydrogens is 458 g/mol. The van der Waals surface area contributed by atoms with Gasteiger partial charge in [0.25, 0.3) is 5.91 Å². The summed E-state index contributed by atoms with van der Waals surface area (Å²) in [6, 6.07) is 10.9. The molecule has 2 aromatic carbocycles. The van der Waals surface area contributed by atoms with Crippen LogP contribution >= 0.6 is 11.6 Å². The molecule has 0 heterocycles. The van der Waals surface area contributed by atoms with Crippen molar-refractivity contribution in [1.82, 2.24) is 10.6 Å². The lowest BCUT2D eigenvalue weighted by Crippen LogP contribution is -2.47. The molecule has 0 aliphatic carbocycles. The van der Waals surface area contributed by atoms with Crippen molar-refractivity contribution in [3.05, 3.63) is 58.6 Å². The number of carbonyl (C=O) groups is 3. The Balaban J connectivity index is 2.05. The summed E-state index contributed by atoms with van der Waals surface area (Å²) in [6.07, 6.45) is -0.325. The average molecular weight is 490 g/mol. The zero-order valence-electron chi connectivity index (χ0n) is 20.1. The number of benzene rings is 2. The Labute approximate surface area is 205 Å². The highest BCUT2D eigenvalue weighted by atomic mass is 35.5. The molecule has 0 fully saturated rings. The van der Waals surface area contributed by atoms with Crippen molar-refractivity contribution in [2.75, 3.05) is 19.0 Å². The van der Waals surface area contributed by atoms with Gasteiger partial charge in [0.15, 0.2) is 0 Å². The lowest BCUT2D eigenvalue weighted by atomic mass is 10.0. The van der Waals surface area contributed by atoms with Gasteiger partial charge in [-0.2, -0.15) is 0 Å². The van der Waals surface area contributed by atoms with E-state index in [1.165, 1.54) is 13.1 Å². The summed E-state index contributed by atoms with van der Waals surface area (Å²) in [7, 11) is 1.51. The lowest BCUT2D eigenvalue weighted by molar-refractivity contribution is -0.122. The van der Waals surface area contributed by atoms with E-state index in [9.17, 15) is 14.4 Å². The Morgan fingerprint density at radius 2 is 1.68 bits per heavy atom. The van der Waals surface area contributed by atoms with Crippen molar-refractivity contribution in [2.24, 2.45) is 5.92 Å². The van der Waals surface area contributed by atoms with Crippen LogP contribution in [-0.2, 0) is 16.0 Å². The molecule has 0 saturated carbocycles. The van der Waals surface area contributed by atoms with E-state index in [4.69, 9.17) is 21.1 Å². The van der Waals surface area contributed by atoms with Gasteiger partial charge in [-0.3, -0.25) is 14.9 Å². The topological polar surface area (TPSA) is 106 Å². The lowest BCUT2D eigenvalue weighted by Gasteiger charge is -2.18. The molecule has 1 atom stereocenters. The number of anilines is 1. The predicted molar refractivity (Wildman–Crippen MR) is 132 cm³/mol. The second-order valence-corrected chi connectivity index (χ2v) is 8.88. The molecule has 0 aliphatic heterocycles. The first-order valence-electron chi connectivity index (χ1n) is 11.1. The summed E-state index contributed by atoms with van der Waals surface area (Å²) in [4.78, 5) is 37.0. The van der Waals surface area contributed by atoms with Gasteiger partial charge < -0.3 is 20.1 Å². The van der Waals surface area contributed by atoms with Gasteiger partial charge in [0.1, 0.15) is 11.8 Å². The molecule has 1 unspecified atom stereocenters. The molecule has 3 N–H and O–H groups in total. The number of halogens is 1. The minimum absolute atomic E-state index is 0.0536. The summed E-state index contributed by atoms with van der Waals surface area (Å²) < 4.78 is 10.7. The third-order valence-electron chi connectivity index (χ3n) is 4.61. The molecule has 34 heavy (non-hydrogen) atoms. The standard InChI is InChI=1S/C25H32ClN3O5/c1-15(2)14-33-25(32)28-19-9-6-17(7-10-19)12-21(24(31)27-5)29-23(30)18-8-11-22(20(26)13-18)34-16(3)4/h6-11,13,15-16,21H,12,14H2,1-5H3,(H,27,31)(H,28,32)(H,29,30). The van der Waals surface area contributed by atoms with Crippen LogP contribution in [0.4, 0.5) is 10.5 Å². The van der Waals surface area contributed by atoms with Gasteiger partial charge >= 0.3 is 6.09 Å². The van der Waals surface area contributed by atoms with E-state index in [2.05, 4.69) is 16.0 Å². The number of likely N-dealkylation sites (N-methyl/N-ethyl adjacent to an activating group) is 1. The number of ether oxygens (including phenoxy) is 2. The van der Waals surface area contributed by atoms with Crippen LogP contribution in [0.2, 0.25) is 5.02 Å². The van der Waals surface area contributed by atoms with E-state index < -0.39 is 18.0 Å². The van der Waals surface area contributed by atoms with Gasteiger partial charge in [-0.15, -0.1) is 0 Å². The predicted octanol–water partition coefficient (Wildman–Crippen LogP) is 4.42. The molecule has 0 aromatic heterocycles. The highest BCUT2D eigenvalue weighted by molar-refractivity contribution is 6.32. The fourth-order valence-corrected chi connectivity index (χ4v) is 3.20. The Morgan fingerprint density at radius 3 is 2.24 bits per heavy atom. The van der Waals surface area contributed by atoms with E-state index in [1.54, 1.807) is 36.4 Å². The van der Waals surface area contributed by atoms with Crippen molar-refractivity contribution in [2.45, 2.75) is 46.3 Å². The second-order valence-electron chi connectivity index (χ2n) is 8.47. The monoisotopic (exact) mass is 489 g/mol. The molecule has 2 rings (SSSR count). The van der Waals surface area contributed by atoms with Crippen molar-refractivity contribution < 1.29 is 23.9 Å². The maximum Gasteiger partial charge on any atom is 0.411 e. The third kappa shape index (κ3) is 8.59. The average Bonchev–Trinajstić information content (AvgIpc) is 2.79. The van der Waals surface area contributed by atoms with Crippen LogP contribution in [0.25, 0.3) is 0 Å². The van der Waals surface area contributed by atoms with Gasteiger partial charge in [0.05, 0.1) is 17.7 Å². The molecular formula is C25H32ClN3O5. The van der Waals surface area contributed by atoms with Crippen LogP contribution in [0.1, 0.15) is 43.6 Å². The van der Waals surface area contributed by atoms with E-state index in [1.807, 2.05) is 27.7 Å². The minimum Gasteiger partial charge on any atom is -0.489 e. The summed E-state index contributed by atoms with van der Waals surface area (Å²) >= 11 is 6.24. The molecule has 0 bridgehead atoms. The summed E-state index contributed by atoms with van der Waals surface area (Å²) in [6.45, 7) is 8.00. The fraction of sp³-hybridized carbons (Fsp3) is 0.400. The third-order valence-corrected chi connectivity index (χ3v) is 4.91. The van der Waals surface area contributed by atoms with E-state index >= 15 is 0 Å². The Kier molecular flexibility index (Phi) is 10.2. The molecule has 0 aliphatic rings. The summed E-state index contributed by atoms with van der Waals surface area (Å²) in [5.41, 5.74) is 1.68. The molecule has 0 radical (unpaired) electrons. The first-order chi connectivity index (χ1) is 16.1. The molecule has 0 saturated heterocycles. The first kappa shape index (κ1) is 27.0. The van der Waals surface area contributed by atoms with Crippen LogP contribution in [0.5, 0.6) is 5.75 Å². The number of amides is 3. The van der Waals surface area contributed by atoms with Crippen LogP contribution in [0.15, 0.2) is 42.5 Å². The number of hydrogen-bond donors (Lipinski definition) is 3. The number of hydrogen-bond acceptors (Lipinski definition) is 5. The number of carbonyl (C=O) groups excluding carboxylic acids is 3. The van der Waals surface area contributed by atoms with Gasteiger partial charge in [-0.25, -0.2) is 4.79 Å². The molecule has 8 nitrogen and oxygen atoms in total. The smallest absolute Gasteiger partial charge is 0.411 e.